The van der Waals surface area contributed by atoms with Crippen molar-refractivity contribution in [3.63, 3.8) is 0 Å². The van der Waals surface area contributed by atoms with Gasteiger partial charge in [0, 0.05) is 33.8 Å². The molecule has 2 N–H and O–H groups in total. The highest BCUT2D eigenvalue weighted by atomic mass is 16.5. The van der Waals surface area contributed by atoms with E-state index in [2.05, 4.69) is 41.4 Å². The molecule has 1 aromatic heterocycles. The molecule has 0 aromatic carbocycles. The molecular weight excluding hydrogens is 314 g/mol. The van der Waals surface area contributed by atoms with Crippen LogP contribution in [0.25, 0.3) is 0 Å². The van der Waals surface area contributed by atoms with Gasteiger partial charge in [0.2, 0.25) is 0 Å². The molecule has 0 aliphatic rings. The SMILES string of the molecule is CCNC(=NCc1cccc(N(C)C)n1)NCCC(OCC)C(C)C. The van der Waals surface area contributed by atoms with Crippen LogP contribution in [-0.4, -0.2) is 50.8 Å². The van der Waals surface area contributed by atoms with E-state index in [1.54, 1.807) is 0 Å². The van der Waals surface area contributed by atoms with Crippen molar-refractivity contribution in [3.05, 3.63) is 23.9 Å². The molecule has 1 rings (SSSR count). The normalized spacial score (nSPS) is 13.0. The Hall–Kier alpha value is -1.82. The van der Waals surface area contributed by atoms with E-state index in [4.69, 9.17) is 4.74 Å². The zero-order chi connectivity index (χ0) is 18.7. The number of hydrogen-bond acceptors (Lipinski definition) is 4. The van der Waals surface area contributed by atoms with Gasteiger partial charge in [0.1, 0.15) is 5.82 Å². The fraction of sp³-hybridized carbons (Fsp3) is 0.684. The number of hydrogen-bond donors (Lipinski definition) is 2. The maximum absolute atomic E-state index is 5.80. The maximum Gasteiger partial charge on any atom is 0.191 e. The number of pyridine rings is 1. The van der Waals surface area contributed by atoms with Crippen LogP contribution in [0, 0.1) is 5.92 Å². The highest BCUT2D eigenvalue weighted by Crippen LogP contribution is 2.10. The van der Waals surface area contributed by atoms with Crippen molar-refractivity contribution in [1.29, 1.82) is 0 Å². The van der Waals surface area contributed by atoms with Crippen LogP contribution in [0.15, 0.2) is 23.2 Å². The van der Waals surface area contributed by atoms with Crippen molar-refractivity contribution in [1.82, 2.24) is 15.6 Å². The molecule has 0 radical (unpaired) electrons. The first-order valence-corrected chi connectivity index (χ1v) is 9.24. The Labute approximate surface area is 153 Å². The standard InChI is InChI=1S/C19H35N5O/c1-7-20-19(21-13-12-17(15(3)4)25-8-2)22-14-16-10-9-11-18(23-16)24(5)6/h9-11,15,17H,7-8,12-14H2,1-6H3,(H2,20,21,22). The Bertz CT molecular complexity index is 516. The molecule has 1 unspecified atom stereocenters. The summed E-state index contributed by atoms with van der Waals surface area (Å²) in [5, 5.41) is 6.68. The quantitative estimate of drug-likeness (QED) is 0.502. The molecule has 1 heterocycles. The summed E-state index contributed by atoms with van der Waals surface area (Å²) < 4.78 is 5.80. The number of nitrogens with one attached hydrogen (secondary N) is 2. The van der Waals surface area contributed by atoms with E-state index in [-0.39, 0.29) is 6.10 Å². The first kappa shape index (κ1) is 21.2. The van der Waals surface area contributed by atoms with Crippen LogP contribution in [-0.2, 0) is 11.3 Å². The zero-order valence-corrected chi connectivity index (χ0v) is 16.7. The largest absolute Gasteiger partial charge is 0.378 e. The van der Waals surface area contributed by atoms with Gasteiger partial charge in [0.05, 0.1) is 18.3 Å². The lowest BCUT2D eigenvalue weighted by Gasteiger charge is -2.21. The van der Waals surface area contributed by atoms with Crippen molar-refractivity contribution >= 4 is 11.8 Å². The van der Waals surface area contributed by atoms with Gasteiger partial charge in [-0.2, -0.15) is 0 Å². The predicted molar refractivity (Wildman–Crippen MR) is 106 cm³/mol. The Balaban J connectivity index is 2.60. The lowest BCUT2D eigenvalue weighted by molar-refractivity contribution is 0.0258. The molecule has 25 heavy (non-hydrogen) atoms. The number of aliphatic imine (C=N–C) groups is 1. The summed E-state index contributed by atoms with van der Waals surface area (Å²) in [4.78, 5) is 11.2. The summed E-state index contributed by atoms with van der Waals surface area (Å²) in [5.74, 6) is 2.28. The molecule has 0 aliphatic carbocycles. The van der Waals surface area contributed by atoms with Gasteiger partial charge < -0.3 is 20.3 Å². The minimum atomic E-state index is 0.277. The average molecular weight is 350 g/mol. The zero-order valence-electron chi connectivity index (χ0n) is 16.7. The number of guanidine groups is 1. The van der Waals surface area contributed by atoms with E-state index in [9.17, 15) is 0 Å². The van der Waals surface area contributed by atoms with Crippen molar-refractivity contribution in [2.24, 2.45) is 10.9 Å². The molecule has 1 aromatic rings. The molecule has 0 saturated heterocycles. The topological polar surface area (TPSA) is 61.8 Å². The fourth-order valence-electron chi connectivity index (χ4n) is 2.46. The molecule has 0 bridgehead atoms. The minimum absolute atomic E-state index is 0.277. The van der Waals surface area contributed by atoms with E-state index in [1.807, 2.05) is 44.1 Å². The minimum Gasteiger partial charge on any atom is -0.378 e. The number of anilines is 1. The summed E-state index contributed by atoms with van der Waals surface area (Å²) in [6.45, 7) is 11.5. The molecular formula is C19H35N5O. The molecule has 0 aliphatic heterocycles. The van der Waals surface area contributed by atoms with Crippen molar-refractivity contribution < 1.29 is 4.74 Å². The van der Waals surface area contributed by atoms with Gasteiger partial charge >= 0.3 is 0 Å². The average Bonchev–Trinajstić information content (AvgIpc) is 2.58. The molecule has 142 valence electrons. The fourth-order valence-corrected chi connectivity index (χ4v) is 2.46. The van der Waals surface area contributed by atoms with Crippen LogP contribution in [0.5, 0.6) is 0 Å². The summed E-state index contributed by atoms with van der Waals surface area (Å²) in [6.07, 6.45) is 1.24. The Kier molecular flexibility index (Phi) is 9.92. The molecule has 0 amide bonds. The van der Waals surface area contributed by atoms with Crippen molar-refractivity contribution in [2.45, 2.75) is 46.8 Å². The molecule has 6 heteroatoms. The van der Waals surface area contributed by atoms with Gasteiger partial charge in [-0.15, -0.1) is 0 Å². The summed E-state index contributed by atoms with van der Waals surface area (Å²) in [5.41, 5.74) is 0.956. The Morgan fingerprint density at radius 1 is 1.24 bits per heavy atom. The third-order valence-corrected chi connectivity index (χ3v) is 3.84. The molecule has 0 spiro atoms. The first-order valence-electron chi connectivity index (χ1n) is 9.24. The summed E-state index contributed by atoms with van der Waals surface area (Å²) >= 11 is 0. The number of ether oxygens (including phenoxy) is 1. The summed E-state index contributed by atoms with van der Waals surface area (Å²) in [7, 11) is 3.98. The lowest BCUT2D eigenvalue weighted by atomic mass is 10.0. The second-order valence-electron chi connectivity index (χ2n) is 6.53. The molecule has 1 atom stereocenters. The van der Waals surface area contributed by atoms with E-state index in [0.717, 1.165) is 43.6 Å². The van der Waals surface area contributed by atoms with E-state index < -0.39 is 0 Å². The van der Waals surface area contributed by atoms with Gasteiger partial charge in [0.15, 0.2) is 5.96 Å². The third kappa shape index (κ3) is 8.20. The van der Waals surface area contributed by atoms with E-state index >= 15 is 0 Å². The van der Waals surface area contributed by atoms with Crippen molar-refractivity contribution in [2.75, 3.05) is 38.7 Å². The Morgan fingerprint density at radius 2 is 2.00 bits per heavy atom. The van der Waals surface area contributed by atoms with Gasteiger partial charge in [-0.25, -0.2) is 9.98 Å². The molecule has 6 nitrogen and oxygen atoms in total. The second kappa shape index (κ2) is 11.7. The smallest absolute Gasteiger partial charge is 0.191 e. The molecule has 0 saturated carbocycles. The predicted octanol–water partition coefficient (Wildman–Crippen LogP) is 2.65. The lowest BCUT2D eigenvalue weighted by Crippen LogP contribution is -2.39. The number of nitrogens with zero attached hydrogens (tertiary/aromatic N) is 3. The molecule has 0 fully saturated rings. The maximum atomic E-state index is 5.80. The van der Waals surface area contributed by atoms with Crippen LogP contribution in [0.3, 0.4) is 0 Å². The highest BCUT2D eigenvalue weighted by Gasteiger charge is 2.13. The van der Waals surface area contributed by atoms with Gasteiger partial charge in [-0.1, -0.05) is 19.9 Å². The Morgan fingerprint density at radius 3 is 2.60 bits per heavy atom. The monoisotopic (exact) mass is 349 g/mol. The highest BCUT2D eigenvalue weighted by molar-refractivity contribution is 5.79. The van der Waals surface area contributed by atoms with E-state index in [0.29, 0.717) is 12.5 Å². The van der Waals surface area contributed by atoms with Crippen LogP contribution in [0.1, 0.15) is 39.8 Å². The van der Waals surface area contributed by atoms with Crippen LogP contribution in [0.2, 0.25) is 0 Å². The van der Waals surface area contributed by atoms with Crippen molar-refractivity contribution in [3.8, 4) is 0 Å². The van der Waals surface area contributed by atoms with Crippen LogP contribution < -0.4 is 15.5 Å². The van der Waals surface area contributed by atoms with Gasteiger partial charge in [0.25, 0.3) is 0 Å². The second-order valence-corrected chi connectivity index (χ2v) is 6.53. The van der Waals surface area contributed by atoms with Gasteiger partial charge in [-0.3, -0.25) is 0 Å². The summed E-state index contributed by atoms with van der Waals surface area (Å²) in [6, 6.07) is 6.02. The van der Waals surface area contributed by atoms with E-state index in [1.165, 1.54) is 0 Å². The number of rotatable bonds is 10. The number of aromatic nitrogens is 1. The van der Waals surface area contributed by atoms with Gasteiger partial charge in [-0.05, 0) is 38.3 Å². The third-order valence-electron chi connectivity index (χ3n) is 3.84. The first-order chi connectivity index (χ1) is 12.0. The van der Waals surface area contributed by atoms with Crippen LogP contribution in [0.4, 0.5) is 5.82 Å². The van der Waals surface area contributed by atoms with Crippen LogP contribution >= 0.6 is 0 Å².